The normalized spacial score (nSPS) is 28.2. The minimum absolute atomic E-state index is 0.502. The first kappa shape index (κ1) is 13.7. The summed E-state index contributed by atoms with van der Waals surface area (Å²) in [4.78, 5) is 0. The molecule has 2 bridgehead atoms. The number of alkyl halides is 3. The predicted molar refractivity (Wildman–Crippen MR) is 72.0 cm³/mol. The molecule has 1 aromatic carbocycles. The van der Waals surface area contributed by atoms with E-state index in [4.69, 9.17) is 0 Å². The summed E-state index contributed by atoms with van der Waals surface area (Å²) in [5.41, 5.74) is 0.123. The smallest absolute Gasteiger partial charge is 0.312 e. The first-order valence-corrected chi connectivity index (χ1v) is 7.07. The van der Waals surface area contributed by atoms with E-state index in [0.717, 1.165) is 18.5 Å². The predicted octanol–water partition coefficient (Wildman–Crippen LogP) is 4.01. The van der Waals surface area contributed by atoms with Crippen molar-refractivity contribution in [1.82, 2.24) is 5.32 Å². The van der Waals surface area contributed by atoms with Gasteiger partial charge in [-0.2, -0.15) is 13.2 Å². The van der Waals surface area contributed by atoms with Crippen LogP contribution in [0.3, 0.4) is 0 Å². The molecule has 3 rings (SSSR count). The van der Waals surface area contributed by atoms with Crippen molar-refractivity contribution in [3.8, 4) is 0 Å². The zero-order chi connectivity index (χ0) is 14.2. The molecule has 0 saturated heterocycles. The van der Waals surface area contributed by atoms with Crippen LogP contribution in [0.25, 0.3) is 0 Å². The first-order chi connectivity index (χ1) is 9.52. The van der Waals surface area contributed by atoms with E-state index in [2.05, 4.69) is 17.5 Å². The number of halogens is 3. The van der Waals surface area contributed by atoms with Crippen LogP contribution in [0.1, 0.15) is 24.0 Å². The summed E-state index contributed by atoms with van der Waals surface area (Å²) in [5, 5.41) is 3.31. The minimum Gasteiger partial charge on any atom is -0.312 e. The molecule has 0 aromatic heterocycles. The molecule has 1 N–H and O–H groups in total. The van der Waals surface area contributed by atoms with E-state index in [0.29, 0.717) is 23.9 Å². The summed E-state index contributed by atoms with van der Waals surface area (Å²) in [6.07, 6.45) is 2.82. The molecule has 20 heavy (non-hydrogen) atoms. The van der Waals surface area contributed by atoms with Crippen molar-refractivity contribution in [2.45, 2.75) is 25.6 Å². The average Bonchev–Trinajstić information content (AvgIpc) is 3.00. The van der Waals surface area contributed by atoms with E-state index in [1.54, 1.807) is 6.07 Å². The van der Waals surface area contributed by atoms with Gasteiger partial charge in [-0.1, -0.05) is 30.4 Å². The fraction of sp³-hybridized carbons (Fsp3) is 0.500. The molecule has 0 heterocycles. The molecule has 2 aliphatic rings. The highest BCUT2D eigenvalue weighted by atomic mass is 19.4. The van der Waals surface area contributed by atoms with Gasteiger partial charge in [0, 0.05) is 6.54 Å². The molecule has 1 aromatic rings. The van der Waals surface area contributed by atoms with Crippen LogP contribution in [0.15, 0.2) is 36.4 Å². The van der Waals surface area contributed by atoms with Gasteiger partial charge in [0.1, 0.15) is 0 Å². The Bertz CT molecular complexity index is 507. The summed E-state index contributed by atoms with van der Waals surface area (Å²) in [7, 11) is 0. The van der Waals surface area contributed by atoms with Crippen molar-refractivity contribution in [3.05, 3.63) is 47.5 Å². The molecule has 4 heteroatoms. The van der Waals surface area contributed by atoms with Crippen LogP contribution in [-0.4, -0.2) is 6.54 Å². The molecule has 1 saturated carbocycles. The summed E-state index contributed by atoms with van der Waals surface area (Å²) in [6.45, 7) is 1.39. The average molecular weight is 281 g/mol. The molecule has 2 aliphatic carbocycles. The second kappa shape index (κ2) is 5.24. The van der Waals surface area contributed by atoms with E-state index in [9.17, 15) is 13.2 Å². The van der Waals surface area contributed by atoms with Gasteiger partial charge in [0.15, 0.2) is 0 Å². The van der Waals surface area contributed by atoms with Gasteiger partial charge >= 0.3 is 6.18 Å². The van der Waals surface area contributed by atoms with Gasteiger partial charge in [-0.15, -0.1) is 0 Å². The summed E-state index contributed by atoms with van der Waals surface area (Å²) >= 11 is 0. The summed E-state index contributed by atoms with van der Waals surface area (Å²) < 4.78 is 37.8. The lowest BCUT2D eigenvalue weighted by molar-refractivity contribution is -0.137. The van der Waals surface area contributed by atoms with Crippen molar-refractivity contribution < 1.29 is 13.2 Å². The van der Waals surface area contributed by atoms with Crippen LogP contribution in [0.2, 0.25) is 0 Å². The fourth-order valence-electron chi connectivity index (χ4n) is 3.39. The molecular formula is C16H18F3N. The number of rotatable bonds is 4. The Morgan fingerprint density at radius 2 is 2.00 bits per heavy atom. The van der Waals surface area contributed by atoms with Crippen LogP contribution < -0.4 is 5.32 Å². The van der Waals surface area contributed by atoms with E-state index in [-0.39, 0.29) is 0 Å². The Morgan fingerprint density at radius 1 is 1.15 bits per heavy atom. The number of allylic oxidation sites excluding steroid dienone is 2. The van der Waals surface area contributed by atoms with Gasteiger partial charge in [-0.3, -0.25) is 0 Å². The monoisotopic (exact) mass is 281 g/mol. The zero-order valence-corrected chi connectivity index (χ0v) is 11.2. The molecule has 108 valence electrons. The van der Waals surface area contributed by atoms with E-state index in [1.807, 2.05) is 0 Å². The van der Waals surface area contributed by atoms with Gasteiger partial charge in [0.05, 0.1) is 5.56 Å². The Morgan fingerprint density at radius 3 is 2.65 bits per heavy atom. The third-order valence-electron chi connectivity index (χ3n) is 4.41. The van der Waals surface area contributed by atoms with Gasteiger partial charge in [0.2, 0.25) is 0 Å². The van der Waals surface area contributed by atoms with Crippen molar-refractivity contribution in [2.24, 2.45) is 17.8 Å². The van der Waals surface area contributed by atoms with Gasteiger partial charge in [0.25, 0.3) is 0 Å². The maximum absolute atomic E-state index is 12.6. The summed E-state index contributed by atoms with van der Waals surface area (Å²) in [6, 6.07) is 5.56. The Hall–Kier alpha value is -1.29. The largest absolute Gasteiger partial charge is 0.416 e. The lowest BCUT2D eigenvalue weighted by atomic mass is 9.93. The summed E-state index contributed by atoms with van der Waals surface area (Å²) in [5.74, 6) is 2.06. The highest BCUT2D eigenvalue weighted by molar-refractivity contribution is 5.25. The Balaban J connectivity index is 1.53. The zero-order valence-electron chi connectivity index (χ0n) is 11.2. The third-order valence-corrected chi connectivity index (χ3v) is 4.41. The van der Waals surface area contributed by atoms with Crippen LogP contribution in [0, 0.1) is 17.8 Å². The number of fused-ring (bicyclic) bond motifs is 2. The highest BCUT2D eigenvalue weighted by Crippen LogP contribution is 2.42. The second-order valence-corrected chi connectivity index (χ2v) is 5.87. The Labute approximate surface area is 116 Å². The molecular weight excluding hydrogens is 263 g/mol. The molecule has 0 spiro atoms. The highest BCUT2D eigenvalue weighted by Gasteiger charge is 2.35. The molecule has 0 amide bonds. The van der Waals surface area contributed by atoms with Crippen LogP contribution in [0.5, 0.6) is 0 Å². The standard InChI is InChI=1S/C16H18F3N/c17-16(18,19)15-3-1-2-12(8-15)9-20-10-14-7-11-4-5-13(14)6-11/h1-5,8,11,13-14,20H,6-7,9-10H2. The molecule has 0 radical (unpaired) electrons. The van der Waals surface area contributed by atoms with E-state index >= 15 is 0 Å². The molecule has 1 nitrogen and oxygen atoms in total. The van der Waals surface area contributed by atoms with Gasteiger partial charge in [-0.05, 0) is 48.8 Å². The van der Waals surface area contributed by atoms with Crippen molar-refractivity contribution in [2.75, 3.05) is 6.54 Å². The Kier molecular flexibility index (Phi) is 3.59. The fourth-order valence-corrected chi connectivity index (χ4v) is 3.39. The molecule has 3 atom stereocenters. The molecule has 3 unspecified atom stereocenters. The topological polar surface area (TPSA) is 12.0 Å². The number of hydrogen-bond donors (Lipinski definition) is 1. The van der Waals surface area contributed by atoms with Crippen molar-refractivity contribution >= 4 is 0 Å². The second-order valence-electron chi connectivity index (χ2n) is 5.87. The molecule has 0 aliphatic heterocycles. The lowest BCUT2D eigenvalue weighted by Crippen LogP contribution is -2.25. The minimum atomic E-state index is -4.26. The van der Waals surface area contributed by atoms with E-state index < -0.39 is 11.7 Å². The van der Waals surface area contributed by atoms with Crippen molar-refractivity contribution in [1.29, 1.82) is 0 Å². The maximum atomic E-state index is 12.6. The van der Waals surface area contributed by atoms with E-state index in [1.165, 1.54) is 25.0 Å². The van der Waals surface area contributed by atoms with Crippen LogP contribution in [-0.2, 0) is 12.7 Å². The maximum Gasteiger partial charge on any atom is 0.416 e. The SMILES string of the molecule is FC(F)(F)c1cccc(CNCC2CC3C=CC2C3)c1. The van der Waals surface area contributed by atoms with Crippen molar-refractivity contribution in [3.63, 3.8) is 0 Å². The number of nitrogens with one attached hydrogen (secondary N) is 1. The van der Waals surface area contributed by atoms with Gasteiger partial charge < -0.3 is 5.32 Å². The lowest BCUT2D eigenvalue weighted by Gasteiger charge is -2.18. The number of benzene rings is 1. The third kappa shape index (κ3) is 2.90. The number of hydrogen-bond acceptors (Lipinski definition) is 1. The first-order valence-electron chi connectivity index (χ1n) is 7.07. The van der Waals surface area contributed by atoms with Gasteiger partial charge in [-0.25, -0.2) is 0 Å². The van der Waals surface area contributed by atoms with Crippen LogP contribution in [0.4, 0.5) is 13.2 Å². The quantitative estimate of drug-likeness (QED) is 0.822. The van der Waals surface area contributed by atoms with Crippen LogP contribution >= 0.6 is 0 Å². The molecule has 1 fully saturated rings.